The first-order valence-corrected chi connectivity index (χ1v) is 5.97. The number of nitro groups is 1. The number of carbonyl (C=O) groups excluding carboxylic acids is 1. The van der Waals surface area contributed by atoms with E-state index in [0.29, 0.717) is 0 Å². The fourth-order valence-electron chi connectivity index (χ4n) is 1.59. The molecule has 1 heterocycles. The molecule has 0 amide bonds. The van der Waals surface area contributed by atoms with Crippen LogP contribution in [0.2, 0.25) is 0 Å². The summed E-state index contributed by atoms with van der Waals surface area (Å²) in [5, 5.41) is 18.0. The minimum Gasteiger partial charge on any atom is -0.311 e. The molecule has 0 radical (unpaired) electrons. The molecule has 108 valence electrons. The van der Waals surface area contributed by atoms with Crippen molar-refractivity contribution in [3.05, 3.63) is 57.4 Å². The molecule has 0 aliphatic rings. The second-order valence-electron chi connectivity index (χ2n) is 4.32. The lowest BCUT2D eigenvalue weighted by atomic mass is 10.2. The third-order valence-electron chi connectivity index (χ3n) is 2.61. The average molecular weight is 288 g/mol. The molecule has 0 aliphatic heterocycles. The molecule has 8 nitrogen and oxygen atoms in total. The fraction of sp³-hybridized carbons (Fsp3) is 0.154. The minimum absolute atomic E-state index is 0.386. The van der Waals surface area contributed by atoms with Crippen molar-refractivity contribution in [1.82, 2.24) is 9.78 Å². The lowest BCUT2D eigenvalue weighted by Gasteiger charge is -1.95. The largest absolute Gasteiger partial charge is 0.392 e. The van der Waals surface area contributed by atoms with E-state index in [1.54, 1.807) is 12.1 Å². The topological polar surface area (TPSA) is 99.6 Å². The summed E-state index contributed by atoms with van der Waals surface area (Å²) < 4.78 is 1.17. The lowest BCUT2D eigenvalue weighted by molar-refractivity contribution is -0.385. The summed E-state index contributed by atoms with van der Waals surface area (Å²) in [6.07, 6.45) is 2.46. The molecule has 8 heteroatoms. The van der Waals surface area contributed by atoms with Crippen molar-refractivity contribution in [2.75, 3.05) is 0 Å². The van der Waals surface area contributed by atoms with E-state index in [4.69, 9.17) is 0 Å². The SMILES string of the molecule is Cc1ccc(/C=N\OC(=O)c2nn(C)cc2[N+](=O)[O-])cc1. The monoisotopic (exact) mass is 288 g/mol. The van der Waals surface area contributed by atoms with Crippen molar-refractivity contribution in [1.29, 1.82) is 0 Å². The highest BCUT2D eigenvalue weighted by atomic mass is 16.7. The molecule has 0 saturated carbocycles. The zero-order chi connectivity index (χ0) is 15.4. The first kappa shape index (κ1) is 14.4. The van der Waals surface area contributed by atoms with Crippen LogP contribution in [0.4, 0.5) is 5.69 Å². The van der Waals surface area contributed by atoms with Gasteiger partial charge >= 0.3 is 11.7 Å². The molecule has 1 aromatic heterocycles. The highest BCUT2D eigenvalue weighted by Gasteiger charge is 2.26. The van der Waals surface area contributed by atoms with Gasteiger partial charge in [-0.25, -0.2) is 4.79 Å². The van der Waals surface area contributed by atoms with Gasteiger partial charge in [0, 0.05) is 7.05 Å². The summed E-state index contributed by atoms with van der Waals surface area (Å²) in [4.78, 5) is 26.4. The third-order valence-corrected chi connectivity index (χ3v) is 2.61. The van der Waals surface area contributed by atoms with Crippen LogP contribution in [0, 0.1) is 17.0 Å². The van der Waals surface area contributed by atoms with Gasteiger partial charge in [-0.3, -0.25) is 14.8 Å². The molecule has 0 saturated heterocycles. The maximum absolute atomic E-state index is 11.7. The standard InChI is InChI=1S/C13H12N4O4/c1-9-3-5-10(6-4-9)7-14-21-13(18)12-11(17(19)20)8-16(2)15-12/h3-8H,1-2H3/b14-7-. The van der Waals surface area contributed by atoms with Gasteiger partial charge in [-0.15, -0.1) is 0 Å². The number of benzene rings is 1. The van der Waals surface area contributed by atoms with Gasteiger partial charge in [0.2, 0.25) is 5.69 Å². The maximum atomic E-state index is 11.7. The summed E-state index contributed by atoms with van der Waals surface area (Å²) in [6.45, 7) is 1.95. The van der Waals surface area contributed by atoms with E-state index in [1.807, 2.05) is 19.1 Å². The van der Waals surface area contributed by atoms with Crippen LogP contribution in [0.25, 0.3) is 0 Å². The van der Waals surface area contributed by atoms with E-state index in [0.717, 1.165) is 17.3 Å². The van der Waals surface area contributed by atoms with Crippen molar-refractivity contribution in [2.45, 2.75) is 6.92 Å². The first-order valence-electron chi connectivity index (χ1n) is 5.97. The van der Waals surface area contributed by atoms with Gasteiger partial charge in [0.15, 0.2) is 0 Å². The van der Waals surface area contributed by atoms with Gasteiger partial charge in [-0.1, -0.05) is 35.0 Å². The predicted octanol–water partition coefficient (Wildman–Crippen LogP) is 1.83. The number of nitrogens with zero attached hydrogens (tertiary/aromatic N) is 4. The molecule has 1 aromatic carbocycles. The molecule has 0 spiro atoms. The summed E-state index contributed by atoms with van der Waals surface area (Å²) in [7, 11) is 1.47. The smallest absolute Gasteiger partial charge is 0.311 e. The number of carbonyl (C=O) groups is 1. The van der Waals surface area contributed by atoms with Crippen molar-refractivity contribution < 1.29 is 14.6 Å². The van der Waals surface area contributed by atoms with E-state index in [-0.39, 0.29) is 5.69 Å². The second-order valence-corrected chi connectivity index (χ2v) is 4.32. The molecular formula is C13H12N4O4. The van der Waals surface area contributed by atoms with Crippen molar-refractivity contribution in [3.63, 3.8) is 0 Å². The Bertz CT molecular complexity index is 703. The molecule has 2 aromatic rings. The molecule has 0 N–H and O–H groups in total. The number of aryl methyl sites for hydroxylation is 2. The average Bonchev–Trinajstić information content (AvgIpc) is 2.83. The summed E-state index contributed by atoms with van der Waals surface area (Å²) in [5.74, 6) is -0.981. The first-order chi connectivity index (χ1) is 9.97. The Kier molecular flexibility index (Phi) is 4.07. The van der Waals surface area contributed by atoms with E-state index in [9.17, 15) is 14.9 Å². The van der Waals surface area contributed by atoms with Crippen LogP contribution in [-0.2, 0) is 11.9 Å². The second kappa shape index (κ2) is 5.95. The molecular weight excluding hydrogens is 276 g/mol. The highest BCUT2D eigenvalue weighted by molar-refractivity contribution is 5.92. The normalized spacial score (nSPS) is 10.8. The Morgan fingerprint density at radius 1 is 1.43 bits per heavy atom. The van der Waals surface area contributed by atoms with Crippen LogP contribution in [0.1, 0.15) is 21.6 Å². The Balaban J connectivity index is 2.08. The van der Waals surface area contributed by atoms with E-state index >= 15 is 0 Å². The van der Waals surface area contributed by atoms with Crippen molar-refractivity contribution >= 4 is 17.9 Å². The van der Waals surface area contributed by atoms with Crippen LogP contribution in [-0.4, -0.2) is 26.9 Å². The van der Waals surface area contributed by atoms with Gasteiger partial charge in [0.1, 0.15) is 6.20 Å². The van der Waals surface area contributed by atoms with Gasteiger partial charge in [-0.05, 0) is 12.5 Å². The number of aromatic nitrogens is 2. The van der Waals surface area contributed by atoms with Gasteiger partial charge < -0.3 is 4.84 Å². The molecule has 0 bridgehead atoms. The Morgan fingerprint density at radius 3 is 2.71 bits per heavy atom. The van der Waals surface area contributed by atoms with E-state index in [2.05, 4.69) is 15.1 Å². The van der Waals surface area contributed by atoms with Crippen LogP contribution < -0.4 is 0 Å². The van der Waals surface area contributed by atoms with Crippen LogP contribution >= 0.6 is 0 Å². The summed E-state index contributed by atoms with van der Waals surface area (Å²) in [6, 6.07) is 7.37. The molecule has 0 aliphatic carbocycles. The Morgan fingerprint density at radius 2 is 2.10 bits per heavy atom. The third kappa shape index (κ3) is 3.50. The van der Waals surface area contributed by atoms with Crippen molar-refractivity contribution in [2.24, 2.45) is 12.2 Å². The number of oxime groups is 1. The van der Waals surface area contributed by atoms with E-state index < -0.39 is 16.6 Å². The maximum Gasteiger partial charge on any atom is 0.392 e. The molecule has 21 heavy (non-hydrogen) atoms. The zero-order valence-corrected chi connectivity index (χ0v) is 11.4. The number of rotatable bonds is 4. The molecule has 0 unspecified atom stereocenters. The molecule has 0 atom stereocenters. The number of hydrogen-bond acceptors (Lipinski definition) is 6. The molecule has 0 fully saturated rings. The van der Waals surface area contributed by atoms with Crippen molar-refractivity contribution in [3.8, 4) is 0 Å². The Labute approximate surface area is 119 Å². The predicted molar refractivity (Wildman–Crippen MR) is 74.1 cm³/mol. The van der Waals surface area contributed by atoms with E-state index in [1.165, 1.54) is 17.9 Å². The van der Waals surface area contributed by atoms with Crippen LogP contribution in [0.3, 0.4) is 0 Å². The fourth-order valence-corrected chi connectivity index (χ4v) is 1.59. The van der Waals surface area contributed by atoms with Gasteiger partial charge in [-0.2, -0.15) is 5.10 Å². The highest BCUT2D eigenvalue weighted by Crippen LogP contribution is 2.16. The Hall–Kier alpha value is -3.03. The van der Waals surface area contributed by atoms with Gasteiger partial charge in [0.25, 0.3) is 0 Å². The minimum atomic E-state index is -0.981. The zero-order valence-electron chi connectivity index (χ0n) is 11.4. The van der Waals surface area contributed by atoms with Crippen LogP contribution in [0.15, 0.2) is 35.6 Å². The number of hydrogen-bond donors (Lipinski definition) is 0. The lowest BCUT2D eigenvalue weighted by Crippen LogP contribution is -2.05. The molecule has 2 rings (SSSR count). The van der Waals surface area contributed by atoms with Gasteiger partial charge in [0.05, 0.1) is 11.1 Å². The van der Waals surface area contributed by atoms with Crippen LogP contribution in [0.5, 0.6) is 0 Å². The summed E-state index contributed by atoms with van der Waals surface area (Å²) >= 11 is 0. The quantitative estimate of drug-likeness (QED) is 0.370. The summed E-state index contributed by atoms with van der Waals surface area (Å²) in [5.41, 5.74) is 1.02.